The maximum Gasteiger partial charge on any atom is 0.207 e. The normalized spacial score (nSPS) is 11.0. The van der Waals surface area contributed by atoms with Crippen molar-refractivity contribution in [3.05, 3.63) is 42.0 Å². The highest BCUT2D eigenvalue weighted by atomic mass is 127. The molecule has 0 unspecified atom stereocenters. The van der Waals surface area contributed by atoms with E-state index in [1.807, 2.05) is 36.4 Å². The van der Waals surface area contributed by atoms with Gasteiger partial charge in [-0.2, -0.15) is 0 Å². The molecule has 1 aromatic rings. The molecule has 0 aliphatic heterocycles. The highest BCUT2D eigenvalue weighted by molar-refractivity contribution is 14.1. The molecule has 0 heterocycles. The van der Waals surface area contributed by atoms with Crippen LogP contribution in [-0.4, -0.2) is 13.0 Å². The molecule has 2 nitrogen and oxygen atoms in total. The van der Waals surface area contributed by atoms with Crippen molar-refractivity contribution < 1.29 is 4.79 Å². The van der Waals surface area contributed by atoms with E-state index in [-0.39, 0.29) is 0 Å². The van der Waals surface area contributed by atoms with Crippen LogP contribution in [0.15, 0.2) is 36.4 Å². The third-order valence-electron chi connectivity index (χ3n) is 1.53. The fraction of sp³-hybridized carbons (Fsp3) is 0.100. The molecule has 0 saturated carbocycles. The molecule has 0 bridgehead atoms. The van der Waals surface area contributed by atoms with Crippen molar-refractivity contribution in [3.8, 4) is 0 Å². The third-order valence-corrected chi connectivity index (χ3v) is 2.60. The molecule has 0 fully saturated rings. The number of carbonyl (C=O) groups is 1. The summed E-state index contributed by atoms with van der Waals surface area (Å²) in [6.45, 7) is 0.580. The Labute approximate surface area is 91.2 Å². The van der Waals surface area contributed by atoms with Crippen molar-refractivity contribution in [2.45, 2.75) is 0 Å². The molecule has 0 aliphatic rings. The second kappa shape index (κ2) is 5.75. The first-order chi connectivity index (χ1) is 6.34. The first-order valence-electron chi connectivity index (χ1n) is 3.92. The fourth-order valence-corrected chi connectivity index (χ4v) is 1.49. The van der Waals surface area contributed by atoms with Crippen molar-refractivity contribution in [3.63, 3.8) is 0 Å². The van der Waals surface area contributed by atoms with Gasteiger partial charge < -0.3 is 5.32 Å². The number of benzene rings is 1. The molecule has 0 radical (unpaired) electrons. The van der Waals surface area contributed by atoms with E-state index in [4.69, 9.17) is 0 Å². The number of rotatable bonds is 4. The van der Waals surface area contributed by atoms with Gasteiger partial charge in [-0.25, -0.2) is 0 Å². The van der Waals surface area contributed by atoms with Crippen LogP contribution < -0.4 is 5.32 Å². The van der Waals surface area contributed by atoms with Crippen LogP contribution in [0.4, 0.5) is 0 Å². The van der Waals surface area contributed by atoms with Gasteiger partial charge in [0.1, 0.15) is 0 Å². The summed E-state index contributed by atoms with van der Waals surface area (Å²) in [5.41, 5.74) is 1.18. The van der Waals surface area contributed by atoms with Crippen LogP contribution in [0.25, 0.3) is 3.58 Å². The second-order valence-corrected chi connectivity index (χ2v) is 3.61. The van der Waals surface area contributed by atoms with Gasteiger partial charge in [0.05, 0.1) is 0 Å². The zero-order valence-electron chi connectivity index (χ0n) is 7.03. The lowest BCUT2D eigenvalue weighted by atomic mass is 10.2. The predicted octanol–water partition coefficient (Wildman–Crippen LogP) is 2.21. The van der Waals surface area contributed by atoms with Gasteiger partial charge >= 0.3 is 0 Å². The average molecular weight is 287 g/mol. The molecule has 1 aromatic carbocycles. The van der Waals surface area contributed by atoms with Gasteiger partial charge in [0.2, 0.25) is 6.41 Å². The molecular weight excluding hydrogens is 277 g/mol. The summed E-state index contributed by atoms with van der Waals surface area (Å²) in [5, 5.41) is 2.59. The van der Waals surface area contributed by atoms with Gasteiger partial charge in [0.15, 0.2) is 0 Å². The number of amides is 1. The van der Waals surface area contributed by atoms with Gasteiger partial charge in [0, 0.05) is 10.1 Å². The van der Waals surface area contributed by atoms with Crippen LogP contribution in [0, 0.1) is 0 Å². The summed E-state index contributed by atoms with van der Waals surface area (Å²) >= 11 is 2.25. The molecule has 0 spiro atoms. The van der Waals surface area contributed by atoms with E-state index in [0.29, 0.717) is 13.0 Å². The lowest BCUT2D eigenvalue weighted by Gasteiger charge is -1.98. The molecular formula is C10H10INO. The maximum atomic E-state index is 9.98. The van der Waals surface area contributed by atoms with Crippen LogP contribution in [0.2, 0.25) is 0 Å². The lowest BCUT2D eigenvalue weighted by molar-refractivity contribution is -0.109. The van der Waals surface area contributed by atoms with Crippen molar-refractivity contribution in [2.75, 3.05) is 6.54 Å². The van der Waals surface area contributed by atoms with Gasteiger partial charge in [-0.15, -0.1) is 0 Å². The van der Waals surface area contributed by atoms with E-state index in [1.165, 1.54) is 5.56 Å². The molecule has 0 aliphatic carbocycles. The quantitative estimate of drug-likeness (QED) is 0.513. The van der Waals surface area contributed by atoms with Crippen molar-refractivity contribution in [2.24, 2.45) is 0 Å². The highest BCUT2D eigenvalue weighted by Crippen LogP contribution is 2.20. The van der Waals surface area contributed by atoms with Gasteiger partial charge in [-0.05, 0) is 28.2 Å². The SMILES string of the molecule is O=CNC/C=C(/I)c1ccccc1. The van der Waals surface area contributed by atoms with Crippen molar-refractivity contribution in [1.82, 2.24) is 5.32 Å². The number of halogens is 1. The number of hydrogen-bond acceptors (Lipinski definition) is 1. The Hall–Kier alpha value is -0.840. The van der Waals surface area contributed by atoms with Gasteiger partial charge in [-0.3, -0.25) is 4.79 Å². The number of hydrogen-bond donors (Lipinski definition) is 1. The fourth-order valence-electron chi connectivity index (χ4n) is 0.912. The molecule has 1 N–H and O–H groups in total. The molecule has 68 valence electrons. The Morgan fingerprint density at radius 3 is 2.69 bits per heavy atom. The highest BCUT2D eigenvalue weighted by Gasteiger charge is 1.93. The van der Waals surface area contributed by atoms with E-state index in [2.05, 4.69) is 27.9 Å². The van der Waals surface area contributed by atoms with E-state index in [9.17, 15) is 4.79 Å². The molecule has 0 aromatic heterocycles. The monoisotopic (exact) mass is 287 g/mol. The number of nitrogens with one attached hydrogen (secondary N) is 1. The maximum absolute atomic E-state index is 9.98. The summed E-state index contributed by atoms with van der Waals surface area (Å²) in [4.78, 5) is 9.98. The molecule has 13 heavy (non-hydrogen) atoms. The molecule has 1 amide bonds. The van der Waals surface area contributed by atoms with Crippen molar-refractivity contribution in [1.29, 1.82) is 0 Å². The minimum Gasteiger partial charge on any atom is -0.355 e. The van der Waals surface area contributed by atoms with Gasteiger partial charge in [-0.1, -0.05) is 36.4 Å². The molecule has 0 atom stereocenters. The van der Waals surface area contributed by atoms with E-state index >= 15 is 0 Å². The zero-order chi connectivity index (χ0) is 9.52. The number of carbonyl (C=O) groups excluding carboxylic acids is 1. The largest absolute Gasteiger partial charge is 0.355 e. The Kier molecular flexibility index (Phi) is 4.53. The molecule has 3 heteroatoms. The summed E-state index contributed by atoms with van der Waals surface area (Å²) in [6, 6.07) is 10.1. The third kappa shape index (κ3) is 3.59. The Balaban J connectivity index is 2.62. The summed E-state index contributed by atoms with van der Waals surface area (Å²) in [6.07, 6.45) is 2.68. The summed E-state index contributed by atoms with van der Waals surface area (Å²) < 4.78 is 1.15. The van der Waals surface area contributed by atoms with Crippen LogP contribution >= 0.6 is 22.6 Å². The lowest BCUT2D eigenvalue weighted by Crippen LogP contribution is -2.09. The van der Waals surface area contributed by atoms with Crippen LogP contribution in [0.3, 0.4) is 0 Å². The van der Waals surface area contributed by atoms with E-state index < -0.39 is 0 Å². The van der Waals surface area contributed by atoms with E-state index in [1.54, 1.807) is 0 Å². The average Bonchev–Trinajstić information content (AvgIpc) is 2.19. The Morgan fingerprint density at radius 1 is 1.38 bits per heavy atom. The Bertz CT molecular complexity index is 295. The topological polar surface area (TPSA) is 29.1 Å². The standard InChI is InChI=1S/C10H10INO/c11-10(6-7-12-8-13)9-4-2-1-3-5-9/h1-6,8H,7H2,(H,12,13)/b10-6+. The smallest absolute Gasteiger partial charge is 0.207 e. The van der Waals surface area contributed by atoms with Crippen LogP contribution in [0.5, 0.6) is 0 Å². The first kappa shape index (κ1) is 10.2. The second-order valence-electron chi connectivity index (χ2n) is 2.44. The Morgan fingerprint density at radius 2 is 2.08 bits per heavy atom. The predicted molar refractivity (Wildman–Crippen MR) is 62.5 cm³/mol. The van der Waals surface area contributed by atoms with Crippen molar-refractivity contribution >= 4 is 32.6 Å². The molecule has 1 rings (SSSR count). The first-order valence-corrected chi connectivity index (χ1v) is 5.00. The van der Waals surface area contributed by atoms with Crippen LogP contribution in [-0.2, 0) is 4.79 Å². The minimum absolute atomic E-state index is 0.580. The minimum atomic E-state index is 0.580. The van der Waals surface area contributed by atoms with Gasteiger partial charge in [0.25, 0.3) is 0 Å². The van der Waals surface area contributed by atoms with E-state index in [0.717, 1.165) is 3.58 Å². The summed E-state index contributed by atoms with van der Waals surface area (Å²) in [7, 11) is 0. The zero-order valence-corrected chi connectivity index (χ0v) is 9.19. The summed E-state index contributed by atoms with van der Waals surface area (Å²) in [5.74, 6) is 0. The van der Waals surface area contributed by atoms with Crippen LogP contribution in [0.1, 0.15) is 5.56 Å². The molecule has 0 saturated heterocycles.